The second-order valence-corrected chi connectivity index (χ2v) is 9.06. The van der Waals surface area contributed by atoms with Crippen LogP contribution in [0.4, 0.5) is 5.82 Å². The average Bonchev–Trinajstić information content (AvgIpc) is 3.48. The zero-order valence-corrected chi connectivity index (χ0v) is 20.4. The second-order valence-electron chi connectivity index (χ2n) is 7.89. The molecule has 0 radical (unpaired) electrons. The van der Waals surface area contributed by atoms with Crippen molar-refractivity contribution in [3.63, 3.8) is 0 Å². The van der Waals surface area contributed by atoms with Crippen molar-refractivity contribution in [1.29, 1.82) is 0 Å². The number of carbonyl (C=O) groups is 1. The van der Waals surface area contributed by atoms with Crippen molar-refractivity contribution in [2.24, 2.45) is 0 Å². The highest BCUT2D eigenvalue weighted by Gasteiger charge is 2.23. The van der Waals surface area contributed by atoms with Crippen molar-refractivity contribution in [3.05, 3.63) is 71.4 Å². The summed E-state index contributed by atoms with van der Waals surface area (Å²) < 4.78 is 8.67. The number of nitrogens with zero attached hydrogens (tertiary/aromatic N) is 6. The smallest absolute Gasteiger partial charge is 0.239 e. The summed E-state index contributed by atoms with van der Waals surface area (Å²) in [7, 11) is 1.64. The van der Waals surface area contributed by atoms with Crippen LogP contribution in [0.25, 0.3) is 5.69 Å². The van der Waals surface area contributed by atoms with E-state index in [4.69, 9.17) is 4.74 Å². The Hall–Kier alpha value is -3.66. The van der Waals surface area contributed by atoms with Gasteiger partial charge in [0, 0.05) is 6.07 Å². The fourth-order valence-electron chi connectivity index (χ4n) is 3.48. The molecule has 34 heavy (non-hydrogen) atoms. The normalized spacial score (nSPS) is 11.9. The van der Waals surface area contributed by atoms with Gasteiger partial charge in [-0.25, -0.2) is 4.68 Å². The predicted octanol–water partition coefficient (Wildman–Crippen LogP) is 4.04. The molecule has 176 valence electrons. The maximum atomic E-state index is 13.2. The molecule has 1 atom stereocenters. The molecule has 0 aliphatic heterocycles. The SMILES string of the molecule is CCC(Sc1nnnn1-c1cc(C)ccc1C)C(=O)Nc1ccnn1Cc1ccc(OC)cc1. The number of thioether (sulfide) groups is 1. The monoisotopic (exact) mass is 477 g/mol. The molecule has 0 aliphatic rings. The summed E-state index contributed by atoms with van der Waals surface area (Å²) in [6.45, 7) is 6.54. The Labute approximate surface area is 202 Å². The van der Waals surface area contributed by atoms with Crippen LogP contribution in [0.5, 0.6) is 5.75 Å². The van der Waals surface area contributed by atoms with Crippen molar-refractivity contribution in [2.45, 2.75) is 44.1 Å². The molecule has 0 saturated heterocycles. The molecule has 1 N–H and O–H groups in total. The van der Waals surface area contributed by atoms with Crippen LogP contribution in [0.2, 0.25) is 0 Å². The summed E-state index contributed by atoms with van der Waals surface area (Å²) in [5.41, 5.74) is 4.12. The first-order valence-corrected chi connectivity index (χ1v) is 11.8. The molecule has 2 aromatic carbocycles. The number of amides is 1. The fraction of sp³-hybridized carbons (Fsp3) is 0.292. The van der Waals surface area contributed by atoms with Crippen molar-refractivity contribution < 1.29 is 9.53 Å². The molecule has 0 fully saturated rings. The van der Waals surface area contributed by atoms with Crippen molar-refractivity contribution in [2.75, 3.05) is 12.4 Å². The quantitative estimate of drug-likeness (QED) is 0.363. The average molecular weight is 478 g/mol. The maximum absolute atomic E-state index is 13.2. The van der Waals surface area contributed by atoms with Crippen LogP contribution < -0.4 is 10.1 Å². The fourth-order valence-corrected chi connectivity index (χ4v) is 4.38. The van der Waals surface area contributed by atoms with Crippen LogP contribution in [0.1, 0.15) is 30.0 Å². The van der Waals surface area contributed by atoms with Crippen molar-refractivity contribution >= 4 is 23.5 Å². The molecule has 4 rings (SSSR count). The number of aryl methyl sites for hydroxylation is 2. The summed E-state index contributed by atoms with van der Waals surface area (Å²) in [4.78, 5) is 13.2. The third-order valence-corrected chi connectivity index (χ3v) is 6.70. The van der Waals surface area contributed by atoms with Gasteiger partial charge in [0.05, 0.1) is 30.8 Å². The molecule has 0 aliphatic carbocycles. The molecule has 0 spiro atoms. The molecule has 0 saturated carbocycles. The second kappa shape index (κ2) is 10.5. The number of hydrogen-bond donors (Lipinski definition) is 1. The number of benzene rings is 2. The van der Waals surface area contributed by atoms with Gasteiger partial charge in [0.25, 0.3) is 0 Å². The van der Waals surface area contributed by atoms with Gasteiger partial charge in [-0.3, -0.25) is 4.79 Å². The molecule has 1 amide bonds. The molecule has 2 aromatic heterocycles. The number of nitrogens with one attached hydrogen (secondary N) is 1. The van der Waals surface area contributed by atoms with Crippen molar-refractivity contribution in [1.82, 2.24) is 30.0 Å². The minimum atomic E-state index is -0.376. The minimum absolute atomic E-state index is 0.125. The molecule has 4 aromatic rings. The van der Waals surface area contributed by atoms with Gasteiger partial charge in [-0.05, 0) is 65.6 Å². The third kappa shape index (κ3) is 5.28. The van der Waals surface area contributed by atoms with E-state index in [1.807, 2.05) is 63.2 Å². The van der Waals surface area contributed by atoms with Gasteiger partial charge in [0.2, 0.25) is 11.1 Å². The number of aromatic nitrogens is 6. The van der Waals surface area contributed by atoms with Gasteiger partial charge in [0.1, 0.15) is 11.6 Å². The molecule has 2 heterocycles. The molecular weight excluding hydrogens is 450 g/mol. The van der Waals surface area contributed by atoms with Crippen LogP contribution >= 0.6 is 11.8 Å². The minimum Gasteiger partial charge on any atom is -0.497 e. The van der Waals surface area contributed by atoms with Gasteiger partial charge in [-0.1, -0.05) is 43.0 Å². The molecule has 9 nitrogen and oxygen atoms in total. The number of hydrogen-bond acceptors (Lipinski definition) is 7. The number of rotatable bonds is 9. The Balaban J connectivity index is 1.47. The number of methoxy groups -OCH3 is 1. The molecule has 0 bridgehead atoms. The van der Waals surface area contributed by atoms with E-state index in [1.165, 1.54) is 11.8 Å². The lowest BCUT2D eigenvalue weighted by Gasteiger charge is -2.16. The van der Waals surface area contributed by atoms with Crippen molar-refractivity contribution in [3.8, 4) is 11.4 Å². The van der Waals surface area contributed by atoms with E-state index in [0.29, 0.717) is 23.9 Å². The number of tetrazole rings is 1. The van der Waals surface area contributed by atoms with E-state index in [2.05, 4.69) is 25.9 Å². The van der Waals surface area contributed by atoms with E-state index in [-0.39, 0.29) is 11.2 Å². The summed E-state index contributed by atoms with van der Waals surface area (Å²) >= 11 is 1.35. The van der Waals surface area contributed by atoms with E-state index < -0.39 is 0 Å². The first-order valence-electron chi connectivity index (χ1n) is 11.0. The van der Waals surface area contributed by atoms with Crippen LogP contribution in [-0.2, 0) is 11.3 Å². The number of anilines is 1. The van der Waals surface area contributed by atoms with Gasteiger partial charge in [-0.2, -0.15) is 9.78 Å². The highest BCUT2D eigenvalue weighted by molar-refractivity contribution is 8.00. The number of ether oxygens (including phenoxy) is 1. The molecule has 10 heteroatoms. The van der Waals surface area contributed by atoms with Gasteiger partial charge >= 0.3 is 0 Å². The summed E-state index contributed by atoms with van der Waals surface area (Å²) in [5, 5.41) is 19.8. The van der Waals surface area contributed by atoms with Gasteiger partial charge in [-0.15, -0.1) is 5.10 Å². The van der Waals surface area contributed by atoms with Crippen LogP contribution in [-0.4, -0.2) is 48.3 Å². The van der Waals surface area contributed by atoms with E-state index in [9.17, 15) is 4.79 Å². The third-order valence-electron chi connectivity index (χ3n) is 5.40. The first-order chi connectivity index (χ1) is 16.5. The van der Waals surface area contributed by atoms with E-state index >= 15 is 0 Å². The molecular formula is C24H27N7O2S. The zero-order chi connectivity index (χ0) is 24.1. The largest absolute Gasteiger partial charge is 0.497 e. The summed E-state index contributed by atoms with van der Waals surface area (Å²) in [6.07, 6.45) is 2.29. The van der Waals surface area contributed by atoms with Crippen LogP contribution in [0.15, 0.2) is 59.9 Å². The number of carbonyl (C=O) groups excluding carboxylic acids is 1. The Morgan fingerprint density at radius 2 is 1.94 bits per heavy atom. The summed E-state index contributed by atoms with van der Waals surface area (Å²) in [6, 6.07) is 15.7. The van der Waals surface area contributed by atoms with Crippen LogP contribution in [0.3, 0.4) is 0 Å². The Morgan fingerprint density at radius 1 is 1.15 bits per heavy atom. The molecule has 1 unspecified atom stereocenters. The van der Waals surface area contributed by atoms with E-state index in [1.54, 1.807) is 28.7 Å². The van der Waals surface area contributed by atoms with E-state index in [0.717, 1.165) is 28.1 Å². The topological polar surface area (TPSA) is 99.8 Å². The van der Waals surface area contributed by atoms with Gasteiger partial charge < -0.3 is 10.1 Å². The van der Waals surface area contributed by atoms with Crippen LogP contribution in [0, 0.1) is 13.8 Å². The lowest BCUT2D eigenvalue weighted by atomic mass is 10.1. The predicted molar refractivity (Wildman–Crippen MR) is 132 cm³/mol. The zero-order valence-electron chi connectivity index (χ0n) is 19.6. The Kier molecular flexibility index (Phi) is 7.27. The first kappa shape index (κ1) is 23.5. The standard InChI is InChI=1S/C24H27N7O2S/c1-5-21(34-24-27-28-29-31(24)20-14-16(2)6-7-17(20)3)23(32)26-22-12-13-25-30(22)15-18-8-10-19(33-4)11-9-18/h6-14,21H,5,15H2,1-4H3,(H,26,32). The highest BCUT2D eigenvalue weighted by atomic mass is 32.2. The Morgan fingerprint density at radius 3 is 2.68 bits per heavy atom. The summed E-state index contributed by atoms with van der Waals surface area (Å²) in [5.74, 6) is 1.30. The highest BCUT2D eigenvalue weighted by Crippen LogP contribution is 2.27. The maximum Gasteiger partial charge on any atom is 0.239 e. The Bertz CT molecular complexity index is 1270. The van der Waals surface area contributed by atoms with Gasteiger partial charge in [0.15, 0.2) is 0 Å². The lowest BCUT2D eigenvalue weighted by molar-refractivity contribution is -0.115. The lowest BCUT2D eigenvalue weighted by Crippen LogP contribution is -2.26.